The molecule has 0 amide bonds. The summed E-state index contributed by atoms with van der Waals surface area (Å²) in [5.41, 5.74) is 0.313. The second-order valence-electron chi connectivity index (χ2n) is 4.26. The van der Waals surface area contributed by atoms with Crippen molar-refractivity contribution in [1.82, 2.24) is 0 Å². The molecule has 2 fully saturated rings. The van der Waals surface area contributed by atoms with Gasteiger partial charge in [-0.25, -0.2) is 0 Å². The van der Waals surface area contributed by atoms with Gasteiger partial charge in [-0.15, -0.1) is 6.58 Å². The van der Waals surface area contributed by atoms with Crippen LogP contribution in [0.15, 0.2) is 12.7 Å². The predicted octanol–water partition coefficient (Wildman–Crippen LogP) is 2.91. The Kier molecular flexibility index (Phi) is 2.22. The highest BCUT2D eigenvalue weighted by Gasteiger charge is 2.45. The minimum Gasteiger partial charge on any atom is -0.375 e. The average molecular weight is 166 g/mol. The van der Waals surface area contributed by atoms with Gasteiger partial charge in [-0.2, -0.15) is 0 Å². The minimum absolute atomic E-state index is 0.313. The van der Waals surface area contributed by atoms with Crippen LogP contribution in [0.4, 0.5) is 0 Å². The lowest BCUT2D eigenvalue weighted by molar-refractivity contribution is -0.0349. The van der Waals surface area contributed by atoms with E-state index in [0.29, 0.717) is 5.60 Å². The topological polar surface area (TPSA) is 9.23 Å². The van der Waals surface area contributed by atoms with Crippen molar-refractivity contribution in [2.24, 2.45) is 5.92 Å². The molecule has 0 aromatic carbocycles. The van der Waals surface area contributed by atoms with Crippen molar-refractivity contribution in [2.75, 3.05) is 6.61 Å². The van der Waals surface area contributed by atoms with E-state index in [1.54, 1.807) is 0 Å². The normalized spacial score (nSPS) is 38.8. The fraction of sp³-hybridized carbons (Fsp3) is 0.818. The molecule has 2 saturated carbocycles. The van der Waals surface area contributed by atoms with Gasteiger partial charge >= 0.3 is 0 Å². The van der Waals surface area contributed by atoms with Crippen molar-refractivity contribution in [3.8, 4) is 0 Å². The third kappa shape index (κ3) is 1.42. The van der Waals surface area contributed by atoms with Crippen LogP contribution in [0, 0.1) is 5.92 Å². The summed E-state index contributed by atoms with van der Waals surface area (Å²) >= 11 is 0. The van der Waals surface area contributed by atoms with Gasteiger partial charge in [-0.3, -0.25) is 0 Å². The molecule has 0 atom stereocenters. The standard InChI is InChI=1S/C11H18O/c1-2-3-8-12-11-6-4-10(9-11)5-7-11/h2,10H,1,3-9H2. The highest BCUT2D eigenvalue weighted by molar-refractivity contribution is 4.97. The zero-order valence-corrected chi connectivity index (χ0v) is 7.72. The molecular formula is C11H18O. The number of hydrogen-bond acceptors (Lipinski definition) is 1. The third-order valence-electron chi connectivity index (χ3n) is 3.41. The largest absolute Gasteiger partial charge is 0.375 e. The molecule has 2 bridgehead atoms. The first-order valence-electron chi connectivity index (χ1n) is 5.09. The summed E-state index contributed by atoms with van der Waals surface area (Å²) in [6.45, 7) is 4.59. The molecule has 12 heavy (non-hydrogen) atoms. The average Bonchev–Trinajstić information content (AvgIpc) is 2.64. The maximum absolute atomic E-state index is 5.95. The van der Waals surface area contributed by atoms with Crippen LogP contribution in [0.3, 0.4) is 0 Å². The molecule has 2 aliphatic rings. The maximum Gasteiger partial charge on any atom is 0.0685 e. The fourth-order valence-electron chi connectivity index (χ4n) is 2.70. The van der Waals surface area contributed by atoms with E-state index in [1.807, 2.05) is 6.08 Å². The van der Waals surface area contributed by atoms with Crippen molar-refractivity contribution >= 4 is 0 Å². The first-order chi connectivity index (χ1) is 5.85. The van der Waals surface area contributed by atoms with Crippen molar-refractivity contribution in [3.05, 3.63) is 12.7 Å². The molecule has 0 aromatic heterocycles. The molecule has 2 aliphatic carbocycles. The maximum atomic E-state index is 5.95. The van der Waals surface area contributed by atoms with E-state index >= 15 is 0 Å². The van der Waals surface area contributed by atoms with Gasteiger partial charge in [0.05, 0.1) is 12.2 Å². The van der Waals surface area contributed by atoms with Crippen molar-refractivity contribution < 1.29 is 4.74 Å². The van der Waals surface area contributed by atoms with E-state index in [1.165, 1.54) is 32.1 Å². The summed E-state index contributed by atoms with van der Waals surface area (Å²) < 4.78 is 5.95. The molecule has 0 saturated heterocycles. The van der Waals surface area contributed by atoms with E-state index in [-0.39, 0.29) is 0 Å². The summed E-state index contributed by atoms with van der Waals surface area (Å²) in [4.78, 5) is 0. The van der Waals surface area contributed by atoms with Crippen molar-refractivity contribution in [3.63, 3.8) is 0 Å². The lowest BCUT2D eigenvalue weighted by Crippen LogP contribution is -2.26. The summed E-state index contributed by atoms with van der Waals surface area (Å²) in [6.07, 6.45) is 9.74. The highest BCUT2D eigenvalue weighted by Crippen LogP contribution is 2.49. The molecule has 0 heterocycles. The van der Waals surface area contributed by atoms with Crippen LogP contribution in [-0.4, -0.2) is 12.2 Å². The van der Waals surface area contributed by atoms with E-state index in [0.717, 1.165) is 18.9 Å². The van der Waals surface area contributed by atoms with Gasteiger partial charge in [0.15, 0.2) is 0 Å². The molecular weight excluding hydrogens is 148 g/mol. The minimum atomic E-state index is 0.313. The second kappa shape index (κ2) is 3.21. The van der Waals surface area contributed by atoms with E-state index in [9.17, 15) is 0 Å². The van der Waals surface area contributed by atoms with Crippen LogP contribution < -0.4 is 0 Å². The lowest BCUT2D eigenvalue weighted by atomic mass is 9.97. The Morgan fingerprint density at radius 1 is 1.42 bits per heavy atom. The lowest BCUT2D eigenvalue weighted by Gasteiger charge is -2.26. The van der Waals surface area contributed by atoms with Crippen LogP contribution in [0.5, 0.6) is 0 Å². The summed E-state index contributed by atoms with van der Waals surface area (Å²) in [7, 11) is 0. The Balaban J connectivity index is 1.81. The van der Waals surface area contributed by atoms with Crippen molar-refractivity contribution in [2.45, 2.75) is 44.1 Å². The number of rotatable bonds is 4. The van der Waals surface area contributed by atoms with Crippen LogP contribution in [0.2, 0.25) is 0 Å². The van der Waals surface area contributed by atoms with Gasteiger partial charge in [0.1, 0.15) is 0 Å². The molecule has 0 aliphatic heterocycles. The Bertz CT molecular complexity index is 166. The van der Waals surface area contributed by atoms with Gasteiger partial charge in [-0.1, -0.05) is 6.08 Å². The summed E-state index contributed by atoms with van der Waals surface area (Å²) in [5, 5.41) is 0. The Morgan fingerprint density at radius 3 is 2.67 bits per heavy atom. The highest BCUT2D eigenvalue weighted by atomic mass is 16.5. The van der Waals surface area contributed by atoms with Gasteiger partial charge in [-0.05, 0) is 44.4 Å². The molecule has 2 rings (SSSR count). The monoisotopic (exact) mass is 166 g/mol. The van der Waals surface area contributed by atoms with Crippen LogP contribution in [-0.2, 0) is 4.74 Å². The van der Waals surface area contributed by atoms with E-state index in [2.05, 4.69) is 6.58 Å². The predicted molar refractivity (Wildman–Crippen MR) is 50.1 cm³/mol. The van der Waals surface area contributed by atoms with E-state index in [4.69, 9.17) is 4.74 Å². The first-order valence-corrected chi connectivity index (χ1v) is 5.09. The van der Waals surface area contributed by atoms with Gasteiger partial charge in [0.25, 0.3) is 0 Å². The number of fused-ring (bicyclic) bond motifs is 2. The summed E-state index contributed by atoms with van der Waals surface area (Å²) in [6, 6.07) is 0. The van der Waals surface area contributed by atoms with Crippen LogP contribution >= 0.6 is 0 Å². The molecule has 68 valence electrons. The van der Waals surface area contributed by atoms with Gasteiger partial charge in [0.2, 0.25) is 0 Å². The Hall–Kier alpha value is -0.300. The Labute approximate surface area is 74.8 Å². The molecule has 1 nitrogen and oxygen atoms in total. The third-order valence-corrected chi connectivity index (χ3v) is 3.41. The molecule has 0 unspecified atom stereocenters. The van der Waals surface area contributed by atoms with Crippen molar-refractivity contribution in [1.29, 1.82) is 0 Å². The fourth-order valence-corrected chi connectivity index (χ4v) is 2.70. The molecule has 0 aromatic rings. The quantitative estimate of drug-likeness (QED) is 0.461. The molecule has 0 spiro atoms. The second-order valence-corrected chi connectivity index (χ2v) is 4.26. The van der Waals surface area contributed by atoms with Crippen LogP contribution in [0.25, 0.3) is 0 Å². The summed E-state index contributed by atoms with van der Waals surface area (Å²) in [5.74, 6) is 0.994. The van der Waals surface area contributed by atoms with Gasteiger partial charge in [0, 0.05) is 0 Å². The molecule has 0 radical (unpaired) electrons. The SMILES string of the molecule is C=CCCOC12CCC(CC1)C2. The number of ether oxygens (including phenoxy) is 1. The van der Waals surface area contributed by atoms with E-state index < -0.39 is 0 Å². The van der Waals surface area contributed by atoms with Gasteiger partial charge < -0.3 is 4.74 Å². The number of hydrogen-bond donors (Lipinski definition) is 0. The molecule has 1 heteroatoms. The zero-order valence-electron chi connectivity index (χ0n) is 7.72. The Morgan fingerprint density at radius 2 is 2.17 bits per heavy atom. The smallest absolute Gasteiger partial charge is 0.0685 e. The zero-order chi connectivity index (χ0) is 8.44. The first kappa shape index (κ1) is 8.31. The molecule has 0 N–H and O–H groups in total. The van der Waals surface area contributed by atoms with Crippen LogP contribution in [0.1, 0.15) is 38.5 Å².